The van der Waals surface area contributed by atoms with Crippen LogP contribution in [0.2, 0.25) is 0 Å². The second-order valence-electron chi connectivity index (χ2n) is 13.4. The Balaban J connectivity index is 1.53. The van der Waals surface area contributed by atoms with Crippen molar-refractivity contribution in [2.45, 2.75) is 104 Å². The number of cyclic esters (lactones) is 1. The smallest absolute Gasteiger partial charge is 0.339 e. The van der Waals surface area contributed by atoms with Crippen LogP contribution in [-0.2, 0) is 19.0 Å². The van der Waals surface area contributed by atoms with E-state index in [2.05, 4.69) is 41.2 Å². The van der Waals surface area contributed by atoms with E-state index in [0.717, 1.165) is 37.7 Å². The van der Waals surface area contributed by atoms with Gasteiger partial charge in [-0.15, -0.1) is 0 Å². The average molecular weight is 485 g/mol. The molecule has 1 aromatic rings. The van der Waals surface area contributed by atoms with E-state index >= 15 is 0 Å². The topological polar surface area (TPSA) is 81.4 Å². The fourth-order valence-corrected chi connectivity index (χ4v) is 9.92. The van der Waals surface area contributed by atoms with Crippen molar-refractivity contribution in [2.24, 2.45) is 33.5 Å². The van der Waals surface area contributed by atoms with Crippen LogP contribution in [0.25, 0.3) is 0 Å². The Labute approximate surface area is 208 Å². The number of rotatable bonds is 3. The molecule has 1 spiro atoms. The van der Waals surface area contributed by atoms with Crippen LogP contribution in [-0.4, -0.2) is 35.0 Å². The molecule has 3 aliphatic carbocycles. The van der Waals surface area contributed by atoms with Crippen LogP contribution >= 0.6 is 0 Å². The number of ether oxygens (including phenoxy) is 3. The molecule has 10 atom stereocenters. The number of carbonyl (C=O) groups is 1. The molecule has 0 aromatic carbocycles. The lowest BCUT2D eigenvalue weighted by Gasteiger charge is -2.70. The fraction of sp³-hybridized carbons (Fsp3) is 0.759. The number of aliphatic hydroxyl groups excluding tert-OH is 1. The van der Waals surface area contributed by atoms with Gasteiger partial charge in [-0.25, -0.2) is 4.79 Å². The van der Waals surface area contributed by atoms with Crippen LogP contribution in [0.3, 0.4) is 0 Å². The van der Waals surface area contributed by atoms with Gasteiger partial charge in [0.25, 0.3) is 0 Å². The number of fused-ring (bicyclic) bond motifs is 3. The summed E-state index contributed by atoms with van der Waals surface area (Å²) in [5.41, 5.74) is -0.854. The summed E-state index contributed by atoms with van der Waals surface area (Å²) in [6.07, 6.45) is 6.27. The largest absolute Gasteiger partial charge is 0.495 e. The van der Waals surface area contributed by atoms with Crippen LogP contribution in [0, 0.1) is 33.5 Å². The lowest BCUT2D eigenvalue weighted by Crippen LogP contribution is -2.73. The second kappa shape index (κ2) is 6.95. The summed E-state index contributed by atoms with van der Waals surface area (Å²) >= 11 is 0. The van der Waals surface area contributed by atoms with E-state index in [1.807, 2.05) is 13.0 Å². The molecule has 3 heterocycles. The second-order valence-corrected chi connectivity index (χ2v) is 13.4. The maximum atomic E-state index is 13.3. The highest BCUT2D eigenvalue weighted by molar-refractivity contribution is 5.82. The molecular weight excluding hydrogens is 444 g/mol. The zero-order valence-corrected chi connectivity index (χ0v) is 21.9. The third-order valence-electron chi connectivity index (χ3n) is 11.6. The summed E-state index contributed by atoms with van der Waals surface area (Å²) < 4.78 is 24.7. The highest BCUT2D eigenvalue weighted by Gasteiger charge is 2.88. The third-order valence-corrected chi connectivity index (χ3v) is 11.6. The van der Waals surface area contributed by atoms with Gasteiger partial charge < -0.3 is 23.7 Å². The highest BCUT2D eigenvalue weighted by atomic mass is 16.7. The lowest BCUT2D eigenvalue weighted by molar-refractivity contribution is -0.274. The molecule has 1 aromatic heterocycles. The summed E-state index contributed by atoms with van der Waals surface area (Å²) in [5.74, 6) is 0.966. The maximum Gasteiger partial charge on any atom is 0.339 e. The van der Waals surface area contributed by atoms with Crippen molar-refractivity contribution in [2.75, 3.05) is 0 Å². The van der Waals surface area contributed by atoms with Crippen LogP contribution in [0.4, 0.5) is 0 Å². The summed E-state index contributed by atoms with van der Waals surface area (Å²) in [4.78, 5) is 13.3. The van der Waals surface area contributed by atoms with Gasteiger partial charge in [-0.3, -0.25) is 0 Å². The molecular formula is C29H40O6. The molecule has 0 bridgehead atoms. The van der Waals surface area contributed by atoms with Crippen molar-refractivity contribution in [3.63, 3.8) is 0 Å². The fourth-order valence-electron chi connectivity index (χ4n) is 9.92. The molecule has 5 fully saturated rings. The van der Waals surface area contributed by atoms with Crippen LogP contribution in [0.1, 0.15) is 85.3 Å². The first-order valence-electron chi connectivity index (χ1n) is 13.2. The van der Waals surface area contributed by atoms with Gasteiger partial charge in [0.15, 0.2) is 6.10 Å². The molecule has 1 N–H and O–H groups in total. The molecule has 3 saturated carbocycles. The van der Waals surface area contributed by atoms with E-state index < -0.39 is 28.6 Å². The average Bonchev–Trinajstić information content (AvgIpc) is 3.35. The van der Waals surface area contributed by atoms with E-state index in [-0.39, 0.29) is 34.9 Å². The third kappa shape index (κ3) is 2.61. The number of hydrogen-bond acceptors (Lipinski definition) is 6. The Morgan fingerprint density at radius 1 is 1.11 bits per heavy atom. The molecule has 6 nitrogen and oxygen atoms in total. The molecule has 6 rings (SSSR count). The van der Waals surface area contributed by atoms with Gasteiger partial charge in [0, 0.05) is 16.4 Å². The molecule has 4 unspecified atom stereocenters. The van der Waals surface area contributed by atoms with Gasteiger partial charge in [0.2, 0.25) is 0 Å². The van der Waals surface area contributed by atoms with Crippen LogP contribution in [0.15, 0.2) is 35.3 Å². The van der Waals surface area contributed by atoms with Gasteiger partial charge in [-0.2, -0.15) is 0 Å². The predicted octanol–water partition coefficient (Wildman–Crippen LogP) is 5.56. The van der Waals surface area contributed by atoms with Crippen molar-refractivity contribution in [3.05, 3.63) is 36.5 Å². The van der Waals surface area contributed by atoms with Crippen LogP contribution < -0.4 is 0 Å². The summed E-state index contributed by atoms with van der Waals surface area (Å²) in [6.45, 7) is 17.4. The SMILES string of the molecule is C=C(C)O[C@H]1CC2C(C)(C)[C@@H](O)CC[C@]2(C)C2CC[C@@]3(C)[C@H](c4ccoc4)OC(=O)C4OC43[C@@]21C. The zero-order valence-electron chi connectivity index (χ0n) is 21.9. The predicted molar refractivity (Wildman–Crippen MR) is 129 cm³/mol. The first-order chi connectivity index (χ1) is 16.3. The van der Waals surface area contributed by atoms with Gasteiger partial charge in [-0.1, -0.05) is 41.2 Å². The Morgan fingerprint density at radius 3 is 2.51 bits per heavy atom. The van der Waals surface area contributed by atoms with Gasteiger partial charge in [-0.05, 0) is 67.8 Å². The van der Waals surface area contributed by atoms with E-state index in [1.165, 1.54) is 0 Å². The van der Waals surface area contributed by atoms with Gasteiger partial charge >= 0.3 is 5.97 Å². The van der Waals surface area contributed by atoms with Crippen molar-refractivity contribution in [3.8, 4) is 0 Å². The molecule has 2 saturated heterocycles. The van der Waals surface area contributed by atoms with E-state index in [0.29, 0.717) is 11.7 Å². The molecule has 35 heavy (non-hydrogen) atoms. The first kappa shape index (κ1) is 23.6. The standard InChI is InChI=1S/C29H40O6/c1-16(2)33-21-14-19-25(3,4)20(30)9-11-26(19,5)18-8-12-27(6)22(17-10-13-32-15-17)34-24(31)23-29(27,35-23)28(18,21)7/h10,13,15,18-23,30H,1,8-9,11-12,14H2,2-7H3/t18?,19?,20-,21-,22-,23?,26+,27-,28-,29?/m0/s1. The molecule has 6 heteroatoms. The van der Waals surface area contributed by atoms with Crippen LogP contribution in [0.5, 0.6) is 0 Å². The molecule has 2 aliphatic heterocycles. The zero-order chi connectivity index (χ0) is 25.2. The number of carbonyl (C=O) groups excluding carboxylic acids is 1. The van der Waals surface area contributed by atoms with Crippen molar-refractivity contribution < 1.29 is 28.5 Å². The maximum absolute atomic E-state index is 13.3. The van der Waals surface area contributed by atoms with Gasteiger partial charge in [0.05, 0.1) is 24.4 Å². The minimum Gasteiger partial charge on any atom is -0.495 e. The number of aliphatic hydroxyl groups is 1. The molecule has 5 aliphatic rings. The summed E-state index contributed by atoms with van der Waals surface area (Å²) in [5, 5.41) is 11.0. The molecule has 192 valence electrons. The highest BCUT2D eigenvalue weighted by Crippen LogP contribution is 2.80. The van der Waals surface area contributed by atoms with Gasteiger partial charge in [0.1, 0.15) is 17.8 Å². The van der Waals surface area contributed by atoms with E-state index in [9.17, 15) is 9.90 Å². The Morgan fingerprint density at radius 2 is 1.86 bits per heavy atom. The van der Waals surface area contributed by atoms with E-state index in [4.69, 9.17) is 18.6 Å². The number of hydrogen-bond donors (Lipinski definition) is 1. The Kier molecular flexibility index (Phi) is 4.68. The summed E-state index contributed by atoms with van der Waals surface area (Å²) in [7, 11) is 0. The van der Waals surface area contributed by atoms with Crippen molar-refractivity contribution in [1.82, 2.24) is 0 Å². The summed E-state index contributed by atoms with van der Waals surface area (Å²) in [6, 6.07) is 1.90. The molecule has 0 radical (unpaired) electrons. The number of epoxide rings is 1. The molecule has 0 amide bonds. The number of allylic oxidation sites excluding steroid dienone is 1. The van der Waals surface area contributed by atoms with Crippen molar-refractivity contribution >= 4 is 5.97 Å². The van der Waals surface area contributed by atoms with E-state index in [1.54, 1.807) is 12.5 Å². The first-order valence-corrected chi connectivity index (χ1v) is 13.2. The number of furan rings is 1. The monoisotopic (exact) mass is 484 g/mol. The minimum absolute atomic E-state index is 0.00544. The normalized spacial score (nSPS) is 51.7. The Hall–Kier alpha value is -1.79. The quantitative estimate of drug-likeness (QED) is 0.343. The lowest BCUT2D eigenvalue weighted by atomic mass is 9.34. The number of esters is 1. The minimum atomic E-state index is -0.686. The Bertz CT molecular complexity index is 1060. The van der Waals surface area contributed by atoms with Crippen molar-refractivity contribution in [1.29, 1.82) is 0 Å².